The highest BCUT2D eigenvalue weighted by Crippen LogP contribution is 2.16. The van der Waals surface area contributed by atoms with E-state index in [9.17, 15) is 0 Å². The van der Waals surface area contributed by atoms with E-state index < -0.39 is 0 Å². The van der Waals surface area contributed by atoms with E-state index in [-0.39, 0.29) is 17.0 Å². The lowest BCUT2D eigenvalue weighted by atomic mass is 10.2. The summed E-state index contributed by atoms with van der Waals surface area (Å²) in [6.45, 7) is 6.08. The molecule has 1 saturated heterocycles. The Bertz CT molecular complexity index is 77.7. The molecule has 3 heteroatoms. The molecular formula is C7H15Br2N. The van der Waals surface area contributed by atoms with E-state index in [4.69, 9.17) is 0 Å². The Labute approximate surface area is 82.1 Å². The molecule has 0 aromatic rings. The Balaban J connectivity index is 0.000000810. The van der Waals surface area contributed by atoms with Crippen molar-refractivity contribution in [1.29, 1.82) is 0 Å². The third-order valence-electron chi connectivity index (χ3n) is 2.04. The highest BCUT2D eigenvalue weighted by Gasteiger charge is 2.19. The molecule has 0 aromatic heterocycles. The van der Waals surface area contributed by atoms with Crippen molar-refractivity contribution in [3.63, 3.8) is 0 Å². The standard InChI is InChI=1S/C7H14BrN.BrH/c1-2-9-4-3-7(5-8)6-9;/h7H,2-6H2,1H3;1H. The summed E-state index contributed by atoms with van der Waals surface area (Å²) in [6.07, 6.45) is 1.39. The van der Waals surface area contributed by atoms with Crippen molar-refractivity contribution in [2.24, 2.45) is 5.92 Å². The minimum absolute atomic E-state index is 0. The quantitative estimate of drug-likeness (QED) is 0.698. The summed E-state index contributed by atoms with van der Waals surface area (Å²) in [4.78, 5) is 2.51. The molecule has 0 aliphatic carbocycles. The van der Waals surface area contributed by atoms with Gasteiger partial charge in [-0.15, -0.1) is 17.0 Å². The smallest absolute Gasteiger partial charge is 0.00723 e. The Morgan fingerprint density at radius 1 is 1.60 bits per heavy atom. The van der Waals surface area contributed by atoms with Gasteiger partial charge >= 0.3 is 0 Å². The molecule has 1 unspecified atom stereocenters. The highest BCUT2D eigenvalue weighted by atomic mass is 79.9. The molecule has 1 aliphatic rings. The summed E-state index contributed by atoms with van der Waals surface area (Å²) < 4.78 is 0. The van der Waals surface area contributed by atoms with E-state index in [0.29, 0.717) is 0 Å². The summed E-state index contributed by atoms with van der Waals surface area (Å²) in [7, 11) is 0. The van der Waals surface area contributed by atoms with Gasteiger partial charge in [-0.05, 0) is 25.4 Å². The second-order valence-electron chi connectivity index (χ2n) is 2.70. The van der Waals surface area contributed by atoms with Crippen LogP contribution in [0, 0.1) is 5.92 Å². The maximum Gasteiger partial charge on any atom is 0.00723 e. The molecule has 1 heterocycles. The maximum absolute atomic E-state index is 3.51. The van der Waals surface area contributed by atoms with Crippen LogP contribution in [0.25, 0.3) is 0 Å². The molecule has 0 saturated carbocycles. The van der Waals surface area contributed by atoms with E-state index in [2.05, 4.69) is 27.8 Å². The SMILES string of the molecule is Br.CCN1CCC(CBr)C1. The third-order valence-corrected chi connectivity index (χ3v) is 2.95. The Kier molecular flexibility index (Phi) is 6.07. The molecule has 0 N–H and O–H groups in total. The number of hydrogen-bond acceptors (Lipinski definition) is 1. The average molecular weight is 273 g/mol. The first-order valence-electron chi connectivity index (χ1n) is 3.65. The van der Waals surface area contributed by atoms with Gasteiger partial charge in [0.25, 0.3) is 0 Å². The topological polar surface area (TPSA) is 3.24 Å². The van der Waals surface area contributed by atoms with E-state index in [0.717, 1.165) is 5.92 Å². The van der Waals surface area contributed by atoms with Crippen LogP contribution < -0.4 is 0 Å². The Hall–Kier alpha value is 0.920. The van der Waals surface area contributed by atoms with Gasteiger partial charge in [0.15, 0.2) is 0 Å². The summed E-state index contributed by atoms with van der Waals surface area (Å²) in [6, 6.07) is 0. The van der Waals surface area contributed by atoms with Crippen molar-refractivity contribution in [2.75, 3.05) is 25.0 Å². The Morgan fingerprint density at radius 3 is 2.60 bits per heavy atom. The van der Waals surface area contributed by atoms with Gasteiger partial charge < -0.3 is 4.90 Å². The van der Waals surface area contributed by atoms with Crippen LogP contribution in [0.4, 0.5) is 0 Å². The van der Waals surface area contributed by atoms with Crippen LogP contribution >= 0.6 is 32.9 Å². The summed E-state index contributed by atoms with van der Waals surface area (Å²) >= 11 is 3.51. The van der Waals surface area contributed by atoms with Gasteiger partial charge in [-0.25, -0.2) is 0 Å². The van der Waals surface area contributed by atoms with Crippen molar-refractivity contribution in [3.05, 3.63) is 0 Å². The van der Waals surface area contributed by atoms with Crippen LogP contribution in [0.15, 0.2) is 0 Å². The molecule has 1 nitrogen and oxygen atoms in total. The first kappa shape index (κ1) is 10.9. The lowest BCUT2D eigenvalue weighted by Gasteiger charge is -2.10. The number of likely N-dealkylation sites (tertiary alicyclic amines) is 1. The van der Waals surface area contributed by atoms with Crippen molar-refractivity contribution < 1.29 is 0 Å². The fraction of sp³-hybridized carbons (Fsp3) is 1.00. The maximum atomic E-state index is 3.51. The van der Waals surface area contributed by atoms with Gasteiger partial charge in [0.2, 0.25) is 0 Å². The van der Waals surface area contributed by atoms with Crippen molar-refractivity contribution in [2.45, 2.75) is 13.3 Å². The predicted octanol–water partition coefficient (Wildman–Crippen LogP) is 2.30. The van der Waals surface area contributed by atoms with Crippen molar-refractivity contribution in [1.82, 2.24) is 4.90 Å². The van der Waals surface area contributed by atoms with Gasteiger partial charge in [0.05, 0.1) is 0 Å². The monoisotopic (exact) mass is 271 g/mol. The van der Waals surface area contributed by atoms with Crippen LogP contribution in [0.3, 0.4) is 0 Å². The second kappa shape index (κ2) is 5.56. The lowest BCUT2D eigenvalue weighted by molar-refractivity contribution is 0.347. The van der Waals surface area contributed by atoms with E-state index in [1.807, 2.05) is 0 Å². The zero-order valence-corrected chi connectivity index (χ0v) is 9.65. The first-order valence-corrected chi connectivity index (χ1v) is 4.77. The number of halogens is 2. The number of hydrogen-bond donors (Lipinski definition) is 0. The van der Waals surface area contributed by atoms with Gasteiger partial charge in [-0.1, -0.05) is 22.9 Å². The Morgan fingerprint density at radius 2 is 2.30 bits per heavy atom. The molecular weight excluding hydrogens is 258 g/mol. The molecule has 0 spiro atoms. The van der Waals surface area contributed by atoms with Crippen molar-refractivity contribution in [3.8, 4) is 0 Å². The molecule has 10 heavy (non-hydrogen) atoms. The van der Waals surface area contributed by atoms with Gasteiger partial charge in [-0.2, -0.15) is 0 Å². The molecule has 0 aromatic carbocycles. The molecule has 1 fully saturated rings. The number of rotatable bonds is 2. The van der Waals surface area contributed by atoms with Gasteiger partial charge in [0.1, 0.15) is 0 Å². The second-order valence-corrected chi connectivity index (χ2v) is 3.35. The number of nitrogens with zero attached hydrogens (tertiary/aromatic N) is 1. The van der Waals surface area contributed by atoms with Crippen molar-refractivity contribution >= 4 is 32.9 Å². The molecule has 0 amide bonds. The normalized spacial score (nSPS) is 26.4. The lowest BCUT2D eigenvalue weighted by Crippen LogP contribution is -2.19. The fourth-order valence-corrected chi connectivity index (χ4v) is 1.85. The first-order chi connectivity index (χ1) is 4.36. The predicted molar refractivity (Wildman–Crippen MR) is 54.3 cm³/mol. The summed E-state index contributed by atoms with van der Waals surface area (Å²) in [5, 5.41) is 1.18. The van der Waals surface area contributed by atoms with E-state index in [1.54, 1.807) is 0 Å². The average Bonchev–Trinajstić information content (AvgIpc) is 2.34. The number of alkyl halides is 1. The van der Waals surface area contributed by atoms with Crippen LogP contribution in [-0.2, 0) is 0 Å². The minimum Gasteiger partial charge on any atom is -0.303 e. The summed E-state index contributed by atoms with van der Waals surface area (Å²) in [5.74, 6) is 0.921. The van der Waals surface area contributed by atoms with Crippen LogP contribution in [0.5, 0.6) is 0 Å². The minimum atomic E-state index is 0. The van der Waals surface area contributed by atoms with Gasteiger partial charge in [-0.3, -0.25) is 0 Å². The largest absolute Gasteiger partial charge is 0.303 e. The highest BCUT2D eigenvalue weighted by molar-refractivity contribution is 9.09. The summed E-state index contributed by atoms with van der Waals surface area (Å²) in [5.41, 5.74) is 0. The molecule has 1 aliphatic heterocycles. The third kappa shape index (κ3) is 2.89. The molecule has 1 atom stereocenters. The van der Waals surface area contributed by atoms with Crippen LogP contribution in [-0.4, -0.2) is 29.9 Å². The van der Waals surface area contributed by atoms with Crippen LogP contribution in [0.1, 0.15) is 13.3 Å². The van der Waals surface area contributed by atoms with Gasteiger partial charge in [0, 0.05) is 11.9 Å². The molecule has 0 bridgehead atoms. The molecule has 62 valence electrons. The zero-order chi connectivity index (χ0) is 6.69. The van der Waals surface area contributed by atoms with E-state index in [1.165, 1.54) is 31.4 Å². The fourth-order valence-electron chi connectivity index (χ4n) is 1.33. The van der Waals surface area contributed by atoms with E-state index >= 15 is 0 Å². The molecule has 0 radical (unpaired) electrons. The molecule has 1 rings (SSSR count). The zero-order valence-electron chi connectivity index (χ0n) is 6.35. The van der Waals surface area contributed by atoms with Crippen LogP contribution in [0.2, 0.25) is 0 Å².